The standard InChI is InChI=1S/C59H118O2/c1-3-5-7-9-11-13-15-17-19-21-22-23-24-25-26-27-28-29-30-31-32-33-34-35-36-37-38-39-40-41-42-43-45-47-49-51-53-55-57-59(60)61-58-56-54-52-50-48-46-44-20-18-16-14-12-10-8-6-4-2/h3-58H2,1-2H3. The van der Waals surface area contributed by atoms with Gasteiger partial charge in [-0.3, -0.25) is 4.79 Å². The second-order valence-corrected chi connectivity index (χ2v) is 20.4. The van der Waals surface area contributed by atoms with Crippen LogP contribution in [0.5, 0.6) is 0 Å². The minimum Gasteiger partial charge on any atom is -0.466 e. The molecule has 0 heterocycles. The van der Waals surface area contributed by atoms with Crippen LogP contribution in [-0.2, 0) is 9.53 Å². The van der Waals surface area contributed by atoms with Gasteiger partial charge in [-0.15, -0.1) is 0 Å². The monoisotopic (exact) mass is 859 g/mol. The Hall–Kier alpha value is -0.530. The van der Waals surface area contributed by atoms with Gasteiger partial charge in [0.05, 0.1) is 6.61 Å². The fourth-order valence-corrected chi connectivity index (χ4v) is 9.61. The van der Waals surface area contributed by atoms with E-state index in [2.05, 4.69) is 13.8 Å². The van der Waals surface area contributed by atoms with Crippen molar-refractivity contribution in [3.05, 3.63) is 0 Å². The predicted molar refractivity (Wildman–Crippen MR) is 276 cm³/mol. The topological polar surface area (TPSA) is 26.3 Å². The highest BCUT2D eigenvalue weighted by Crippen LogP contribution is 2.19. The van der Waals surface area contributed by atoms with Crippen molar-refractivity contribution in [3.8, 4) is 0 Å². The van der Waals surface area contributed by atoms with E-state index in [0.717, 1.165) is 12.8 Å². The van der Waals surface area contributed by atoms with Crippen LogP contribution in [0.25, 0.3) is 0 Å². The van der Waals surface area contributed by atoms with Gasteiger partial charge < -0.3 is 4.74 Å². The number of hydrogen-bond acceptors (Lipinski definition) is 2. The Balaban J connectivity index is 3.13. The molecule has 2 nitrogen and oxygen atoms in total. The minimum atomic E-state index is 0.0346. The predicted octanol–water partition coefficient (Wildman–Crippen LogP) is 22.0. The minimum absolute atomic E-state index is 0.0346. The molecular formula is C59H118O2. The molecule has 0 fully saturated rings. The van der Waals surface area contributed by atoms with Crippen molar-refractivity contribution in [2.45, 2.75) is 367 Å². The summed E-state index contributed by atoms with van der Waals surface area (Å²) in [5.74, 6) is 0.0346. The summed E-state index contributed by atoms with van der Waals surface area (Å²) < 4.78 is 5.50. The van der Waals surface area contributed by atoms with Gasteiger partial charge in [-0.05, 0) is 12.8 Å². The smallest absolute Gasteiger partial charge is 0.305 e. The summed E-state index contributed by atoms with van der Waals surface area (Å²) >= 11 is 0. The van der Waals surface area contributed by atoms with Gasteiger partial charge in [0.1, 0.15) is 0 Å². The summed E-state index contributed by atoms with van der Waals surface area (Å²) in [6.45, 7) is 5.24. The Morgan fingerprint density at radius 2 is 0.361 bits per heavy atom. The number of rotatable bonds is 56. The van der Waals surface area contributed by atoms with Gasteiger partial charge in [0, 0.05) is 6.42 Å². The highest BCUT2D eigenvalue weighted by atomic mass is 16.5. The Labute approximate surface area is 387 Å². The van der Waals surface area contributed by atoms with E-state index < -0.39 is 0 Å². The highest BCUT2D eigenvalue weighted by Gasteiger charge is 2.03. The van der Waals surface area contributed by atoms with Crippen molar-refractivity contribution in [3.63, 3.8) is 0 Å². The third kappa shape index (κ3) is 57.5. The average molecular weight is 860 g/mol. The molecule has 0 saturated carbocycles. The lowest BCUT2D eigenvalue weighted by Gasteiger charge is -2.06. The van der Waals surface area contributed by atoms with Crippen LogP contribution in [0.2, 0.25) is 0 Å². The summed E-state index contributed by atoms with van der Waals surface area (Å²) in [5, 5.41) is 0. The third-order valence-electron chi connectivity index (χ3n) is 14.0. The molecule has 0 aromatic carbocycles. The molecule has 366 valence electrons. The first-order chi connectivity index (χ1) is 30.3. The second kappa shape index (κ2) is 57.5. The normalized spacial score (nSPS) is 11.6. The maximum Gasteiger partial charge on any atom is 0.305 e. The molecule has 0 saturated heterocycles. The molecule has 0 aliphatic heterocycles. The summed E-state index contributed by atoms with van der Waals surface area (Å²) in [7, 11) is 0. The Morgan fingerprint density at radius 1 is 0.213 bits per heavy atom. The van der Waals surface area contributed by atoms with Crippen molar-refractivity contribution in [2.75, 3.05) is 6.61 Å². The Morgan fingerprint density at radius 3 is 0.541 bits per heavy atom. The van der Waals surface area contributed by atoms with Crippen LogP contribution in [0.3, 0.4) is 0 Å². The first-order valence-electron chi connectivity index (χ1n) is 29.5. The van der Waals surface area contributed by atoms with Gasteiger partial charge in [-0.25, -0.2) is 0 Å². The lowest BCUT2D eigenvalue weighted by molar-refractivity contribution is -0.143. The molecular weight excluding hydrogens is 741 g/mol. The SMILES string of the molecule is CCCCCCCCCCCCCCCCCCCCCCCCCCCCCCCCCCCCCCCCC(=O)OCCCCCCCCCCCCCCCCCC. The number of hydrogen-bond donors (Lipinski definition) is 0. The number of ether oxygens (including phenoxy) is 1. The van der Waals surface area contributed by atoms with Crippen molar-refractivity contribution < 1.29 is 9.53 Å². The molecule has 0 aliphatic rings. The Kier molecular flexibility index (Phi) is 57.0. The van der Waals surface area contributed by atoms with Crippen LogP contribution in [0.4, 0.5) is 0 Å². The molecule has 0 amide bonds. The quantitative estimate of drug-likeness (QED) is 0.0450. The van der Waals surface area contributed by atoms with Gasteiger partial charge in [0.15, 0.2) is 0 Å². The lowest BCUT2D eigenvalue weighted by atomic mass is 10.0. The van der Waals surface area contributed by atoms with E-state index in [1.807, 2.05) is 0 Å². The zero-order valence-corrected chi connectivity index (χ0v) is 42.9. The largest absolute Gasteiger partial charge is 0.466 e. The molecule has 0 unspecified atom stereocenters. The summed E-state index contributed by atoms with van der Waals surface area (Å²) in [6.07, 6.45) is 77.3. The van der Waals surface area contributed by atoms with Crippen LogP contribution >= 0.6 is 0 Å². The average Bonchev–Trinajstić information content (AvgIpc) is 3.27. The van der Waals surface area contributed by atoms with Crippen LogP contribution < -0.4 is 0 Å². The van der Waals surface area contributed by atoms with Gasteiger partial charge in [-0.1, -0.05) is 348 Å². The van der Waals surface area contributed by atoms with E-state index in [9.17, 15) is 4.79 Å². The fraction of sp³-hybridized carbons (Fsp3) is 0.983. The molecule has 0 aromatic rings. The molecule has 0 rings (SSSR count). The second-order valence-electron chi connectivity index (χ2n) is 20.4. The fourth-order valence-electron chi connectivity index (χ4n) is 9.61. The first kappa shape index (κ1) is 60.5. The highest BCUT2D eigenvalue weighted by molar-refractivity contribution is 5.69. The van der Waals surface area contributed by atoms with E-state index in [4.69, 9.17) is 4.74 Å². The molecule has 0 aromatic heterocycles. The van der Waals surface area contributed by atoms with E-state index >= 15 is 0 Å². The number of carbonyl (C=O) groups excluding carboxylic acids is 1. The Bertz CT molecular complexity index is 762. The molecule has 0 N–H and O–H groups in total. The zero-order chi connectivity index (χ0) is 43.9. The molecule has 61 heavy (non-hydrogen) atoms. The van der Waals surface area contributed by atoms with Gasteiger partial charge >= 0.3 is 5.97 Å². The van der Waals surface area contributed by atoms with Crippen LogP contribution in [0, 0.1) is 0 Å². The molecule has 2 heteroatoms. The van der Waals surface area contributed by atoms with Crippen molar-refractivity contribution >= 4 is 5.97 Å². The van der Waals surface area contributed by atoms with E-state index in [1.165, 1.54) is 334 Å². The maximum atomic E-state index is 12.1. The molecule has 0 atom stereocenters. The van der Waals surface area contributed by atoms with Crippen LogP contribution in [-0.4, -0.2) is 12.6 Å². The van der Waals surface area contributed by atoms with Crippen LogP contribution in [0.1, 0.15) is 367 Å². The summed E-state index contributed by atoms with van der Waals surface area (Å²) in [5.41, 5.74) is 0. The van der Waals surface area contributed by atoms with Crippen molar-refractivity contribution in [1.82, 2.24) is 0 Å². The van der Waals surface area contributed by atoms with Crippen molar-refractivity contribution in [1.29, 1.82) is 0 Å². The van der Waals surface area contributed by atoms with Gasteiger partial charge in [-0.2, -0.15) is 0 Å². The third-order valence-corrected chi connectivity index (χ3v) is 14.0. The van der Waals surface area contributed by atoms with Gasteiger partial charge in [0.2, 0.25) is 0 Å². The molecule has 0 spiro atoms. The van der Waals surface area contributed by atoms with Crippen LogP contribution in [0.15, 0.2) is 0 Å². The number of carbonyl (C=O) groups is 1. The van der Waals surface area contributed by atoms with Gasteiger partial charge in [0.25, 0.3) is 0 Å². The first-order valence-corrected chi connectivity index (χ1v) is 29.5. The van der Waals surface area contributed by atoms with E-state index in [0.29, 0.717) is 13.0 Å². The zero-order valence-electron chi connectivity index (χ0n) is 42.9. The van der Waals surface area contributed by atoms with E-state index in [1.54, 1.807) is 0 Å². The van der Waals surface area contributed by atoms with E-state index in [-0.39, 0.29) is 5.97 Å². The number of esters is 1. The lowest BCUT2D eigenvalue weighted by Crippen LogP contribution is -2.05. The summed E-state index contributed by atoms with van der Waals surface area (Å²) in [6, 6.07) is 0. The molecule has 0 bridgehead atoms. The molecule has 0 radical (unpaired) electrons. The maximum absolute atomic E-state index is 12.1. The number of unbranched alkanes of at least 4 members (excludes halogenated alkanes) is 52. The molecule has 0 aliphatic carbocycles. The van der Waals surface area contributed by atoms with Crippen molar-refractivity contribution in [2.24, 2.45) is 0 Å². The summed E-state index contributed by atoms with van der Waals surface area (Å²) in [4.78, 5) is 12.1.